The Labute approximate surface area is 150 Å². The van der Waals surface area contributed by atoms with Gasteiger partial charge in [0.05, 0.1) is 6.54 Å². The van der Waals surface area contributed by atoms with Gasteiger partial charge in [-0.2, -0.15) is 0 Å². The van der Waals surface area contributed by atoms with Crippen LogP contribution in [-0.4, -0.2) is 36.5 Å². The van der Waals surface area contributed by atoms with Gasteiger partial charge in [-0.1, -0.05) is 42.5 Å². The number of likely N-dealkylation sites (N-methyl/N-ethyl adjacent to an activating group) is 1. The number of hydrogen-bond donors (Lipinski definition) is 0. The fourth-order valence-corrected chi connectivity index (χ4v) is 4.33. The maximum atomic E-state index is 13.1. The molecule has 0 saturated carbocycles. The minimum atomic E-state index is 0.220. The van der Waals surface area contributed by atoms with Crippen molar-refractivity contribution in [2.24, 2.45) is 0 Å². The van der Waals surface area contributed by atoms with E-state index < -0.39 is 0 Å². The van der Waals surface area contributed by atoms with Crippen LogP contribution in [0.4, 0.5) is 5.69 Å². The van der Waals surface area contributed by atoms with Gasteiger partial charge in [0.1, 0.15) is 0 Å². The van der Waals surface area contributed by atoms with Crippen LogP contribution in [-0.2, 0) is 24.1 Å². The highest BCUT2D eigenvalue weighted by Gasteiger charge is 2.31. The number of amides is 1. The smallest absolute Gasteiger partial charge is 0.241 e. The Hall–Kier alpha value is -2.13. The molecule has 25 heavy (non-hydrogen) atoms. The van der Waals surface area contributed by atoms with E-state index in [9.17, 15) is 4.79 Å². The van der Waals surface area contributed by atoms with Gasteiger partial charge in [0.2, 0.25) is 5.91 Å². The van der Waals surface area contributed by atoms with E-state index in [4.69, 9.17) is 0 Å². The van der Waals surface area contributed by atoms with E-state index >= 15 is 0 Å². The number of anilines is 1. The van der Waals surface area contributed by atoms with Gasteiger partial charge in [0.15, 0.2) is 0 Å². The quantitative estimate of drug-likeness (QED) is 0.858. The Morgan fingerprint density at radius 2 is 1.64 bits per heavy atom. The summed E-state index contributed by atoms with van der Waals surface area (Å²) in [6.45, 7) is 2.65. The Morgan fingerprint density at radius 3 is 2.32 bits per heavy atom. The molecule has 0 fully saturated rings. The fraction of sp³-hybridized carbons (Fsp3) is 0.409. The molecule has 3 nitrogen and oxygen atoms in total. The van der Waals surface area contributed by atoms with Gasteiger partial charge in [-0.3, -0.25) is 9.69 Å². The summed E-state index contributed by atoms with van der Waals surface area (Å²) in [6.07, 6.45) is 4.20. The number of carbonyl (C=O) groups excluding carboxylic acids is 1. The first-order valence-electron chi connectivity index (χ1n) is 9.30. The summed E-state index contributed by atoms with van der Waals surface area (Å²) < 4.78 is 0. The normalized spacial score (nSPS) is 19.8. The SMILES string of the molecule is C[C@@H]1CCc2ccccc2N1C(=O)CN(C)C1Cc2ccccc2C1. The monoisotopic (exact) mass is 334 g/mol. The van der Waals surface area contributed by atoms with Crippen LogP contribution in [0.25, 0.3) is 0 Å². The first-order valence-corrected chi connectivity index (χ1v) is 9.30. The van der Waals surface area contributed by atoms with Crippen molar-refractivity contribution in [2.75, 3.05) is 18.5 Å². The summed E-state index contributed by atoms with van der Waals surface area (Å²) in [4.78, 5) is 17.4. The molecule has 2 aromatic carbocycles. The average molecular weight is 334 g/mol. The number of rotatable bonds is 3. The molecule has 0 radical (unpaired) electrons. The minimum Gasteiger partial charge on any atom is -0.308 e. The summed E-state index contributed by atoms with van der Waals surface area (Å²) in [6, 6.07) is 17.7. The van der Waals surface area contributed by atoms with Gasteiger partial charge in [0.25, 0.3) is 0 Å². The zero-order valence-corrected chi connectivity index (χ0v) is 15.1. The number of hydrogen-bond acceptors (Lipinski definition) is 2. The van der Waals surface area contributed by atoms with Crippen molar-refractivity contribution in [3.8, 4) is 0 Å². The molecule has 130 valence electrons. The van der Waals surface area contributed by atoms with E-state index in [2.05, 4.69) is 61.3 Å². The summed E-state index contributed by atoms with van der Waals surface area (Å²) in [5, 5.41) is 0. The summed E-state index contributed by atoms with van der Waals surface area (Å²) in [7, 11) is 2.09. The van der Waals surface area contributed by atoms with Crippen LogP contribution in [0.15, 0.2) is 48.5 Å². The molecular weight excluding hydrogens is 308 g/mol. The van der Waals surface area contributed by atoms with Crippen LogP contribution in [0.3, 0.4) is 0 Å². The zero-order valence-electron chi connectivity index (χ0n) is 15.1. The highest BCUT2D eigenvalue weighted by atomic mass is 16.2. The Bertz CT molecular complexity index is 760. The molecule has 0 unspecified atom stereocenters. The second-order valence-corrected chi connectivity index (χ2v) is 7.53. The molecule has 1 aliphatic heterocycles. The predicted octanol–water partition coefficient (Wildman–Crippen LogP) is 3.45. The number of nitrogens with zero attached hydrogens (tertiary/aromatic N) is 2. The zero-order chi connectivity index (χ0) is 17.4. The second-order valence-electron chi connectivity index (χ2n) is 7.53. The van der Waals surface area contributed by atoms with Crippen LogP contribution >= 0.6 is 0 Å². The van der Waals surface area contributed by atoms with Crippen molar-refractivity contribution in [2.45, 2.75) is 44.7 Å². The molecule has 0 bridgehead atoms. The van der Waals surface area contributed by atoms with E-state index in [1.807, 2.05) is 11.0 Å². The number of aryl methyl sites for hydroxylation is 1. The topological polar surface area (TPSA) is 23.6 Å². The Balaban J connectivity index is 1.47. The molecule has 3 heteroatoms. The third-order valence-corrected chi connectivity index (χ3v) is 5.83. The van der Waals surface area contributed by atoms with Crippen LogP contribution < -0.4 is 4.90 Å². The van der Waals surface area contributed by atoms with Crippen LogP contribution in [0.5, 0.6) is 0 Å². The predicted molar refractivity (Wildman–Crippen MR) is 102 cm³/mol. The largest absolute Gasteiger partial charge is 0.308 e. The van der Waals surface area contributed by atoms with Crippen molar-refractivity contribution in [1.29, 1.82) is 0 Å². The minimum absolute atomic E-state index is 0.220. The van der Waals surface area contributed by atoms with Crippen molar-refractivity contribution in [3.05, 3.63) is 65.2 Å². The molecule has 2 aliphatic rings. The molecular formula is C22H26N2O. The fourth-order valence-electron chi connectivity index (χ4n) is 4.33. The van der Waals surface area contributed by atoms with E-state index in [-0.39, 0.29) is 11.9 Å². The molecule has 1 atom stereocenters. The maximum Gasteiger partial charge on any atom is 0.241 e. The van der Waals surface area contributed by atoms with Gasteiger partial charge in [0, 0.05) is 17.8 Å². The summed E-state index contributed by atoms with van der Waals surface area (Å²) >= 11 is 0. The molecule has 0 spiro atoms. The van der Waals surface area contributed by atoms with Crippen LogP contribution in [0.2, 0.25) is 0 Å². The van der Waals surface area contributed by atoms with Gasteiger partial charge in [-0.05, 0) is 62.4 Å². The first-order chi connectivity index (χ1) is 12.1. The van der Waals surface area contributed by atoms with Crippen molar-refractivity contribution < 1.29 is 4.79 Å². The summed E-state index contributed by atoms with van der Waals surface area (Å²) in [5.74, 6) is 0.220. The first kappa shape index (κ1) is 16.3. The van der Waals surface area contributed by atoms with Crippen LogP contribution in [0.1, 0.15) is 30.0 Å². The van der Waals surface area contributed by atoms with Crippen LogP contribution in [0, 0.1) is 0 Å². The maximum absolute atomic E-state index is 13.1. The number of fused-ring (bicyclic) bond motifs is 2. The Morgan fingerprint density at radius 1 is 1.04 bits per heavy atom. The average Bonchev–Trinajstić information content (AvgIpc) is 3.05. The standard InChI is InChI=1S/C22H26N2O/c1-16-11-12-17-7-5-6-10-21(17)24(16)22(25)15-23(2)20-13-18-8-3-4-9-19(18)14-20/h3-10,16,20H,11-15H2,1-2H3/t16-/m1/s1. The number of carbonyl (C=O) groups is 1. The lowest BCUT2D eigenvalue weighted by Crippen LogP contribution is -2.48. The third-order valence-electron chi connectivity index (χ3n) is 5.83. The molecule has 1 heterocycles. The molecule has 1 aliphatic carbocycles. The van der Waals surface area contributed by atoms with E-state index in [1.165, 1.54) is 16.7 Å². The van der Waals surface area contributed by atoms with Gasteiger partial charge < -0.3 is 4.90 Å². The molecule has 0 N–H and O–H groups in total. The highest BCUT2D eigenvalue weighted by molar-refractivity contribution is 5.96. The van der Waals surface area contributed by atoms with E-state index in [1.54, 1.807) is 0 Å². The number of para-hydroxylation sites is 1. The van der Waals surface area contributed by atoms with E-state index in [0.717, 1.165) is 31.4 Å². The lowest BCUT2D eigenvalue weighted by atomic mass is 9.96. The lowest BCUT2D eigenvalue weighted by molar-refractivity contribution is -0.120. The van der Waals surface area contributed by atoms with Crippen molar-refractivity contribution in [3.63, 3.8) is 0 Å². The third kappa shape index (κ3) is 3.09. The van der Waals surface area contributed by atoms with Gasteiger partial charge >= 0.3 is 0 Å². The molecule has 2 aromatic rings. The second kappa shape index (κ2) is 6.64. The molecule has 1 amide bonds. The summed E-state index contributed by atoms with van der Waals surface area (Å²) in [5.41, 5.74) is 5.27. The van der Waals surface area contributed by atoms with Crippen molar-refractivity contribution in [1.82, 2.24) is 4.90 Å². The van der Waals surface area contributed by atoms with Gasteiger partial charge in [-0.15, -0.1) is 0 Å². The van der Waals surface area contributed by atoms with E-state index in [0.29, 0.717) is 12.6 Å². The number of benzene rings is 2. The molecule has 0 saturated heterocycles. The van der Waals surface area contributed by atoms with Gasteiger partial charge in [-0.25, -0.2) is 0 Å². The Kier molecular flexibility index (Phi) is 4.34. The molecule has 4 rings (SSSR count). The van der Waals surface area contributed by atoms with Crippen molar-refractivity contribution >= 4 is 11.6 Å². The highest BCUT2D eigenvalue weighted by Crippen LogP contribution is 2.31. The molecule has 0 aromatic heterocycles. The lowest BCUT2D eigenvalue weighted by Gasteiger charge is -2.37.